The number of rotatable bonds is 27. The summed E-state index contributed by atoms with van der Waals surface area (Å²) in [6.45, 7) is 8.34. The summed E-state index contributed by atoms with van der Waals surface area (Å²) in [7, 11) is -6.20. The van der Waals surface area contributed by atoms with E-state index in [0.717, 1.165) is 64.2 Å². The van der Waals surface area contributed by atoms with Crippen LogP contribution in [0.4, 0.5) is 8.78 Å². The highest BCUT2D eigenvalue weighted by Gasteiger charge is 2.61. The van der Waals surface area contributed by atoms with Gasteiger partial charge in [0.1, 0.15) is 11.2 Å². The molecule has 6 unspecified atom stereocenters. The molecule has 14 nitrogen and oxygen atoms in total. The molecule has 17 heteroatoms. The van der Waals surface area contributed by atoms with Crippen LogP contribution in [0.15, 0.2) is 0 Å². The lowest BCUT2D eigenvalue weighted by Crippen LogP contribution is -2.61. The van der Waals surface area contributed by atoms with Gasteiger partial charge in [0.2, 0.25) is 6.10 Å². The van der Waals surface area contributed by atoms with Crippen LogP contribution in [0.3, 0.4) is 0 Å². The number of esters is 5. The summed E-state index contributed by atoms with van der Waals surface area (Å²) >= 11 is 0. The van der Waals surface area contributed by atoms with Crippen molar-refractivity contribution in [1.82, 2.24) is 0 Å². The number of cyclic esters (lactones) is 1. The Morgan fingerprint density at radius 1 is 0.833 bits per heavy atom. The predicted octanol–water partition coefficient (Wildman–Crippen LogP) is 9.17. The Kier molecular flexibility index (Phi) is 17.5. The van der Waals surface area contributed by atoms with E-state index in [1.807, 2.05) is 6.92 Å². The molecule has 4 bridgehead atoms. The number of hydrogen-bond donors (Lipinski definition) is 1. The molecule has 1 saturated heterocycles. The van der Waals surface area contributed by atoms with Crippen molar-refractivity contribution in [2.24, 2.45) is 34.0 Å². The number of aliphatic hydroxyl groups is 1. The molecule has 0 spiro atoms. The SMILES string of the molecule is CCCCCCCCCCCC(CC(C)(CC(C)(CC(C)(C)C(=O)OC1(CC)CCCC1)C(=O)OC1CCOC1=O)C(=O)OC12CC3CC(CC(O)(C3)C1)C2)C(=O)OCC(F)(F)S(=O)(=O)[O-]. The summed E-state index contributed by atoms with van der Waals surface area (Å²) in [6, 6.07) is 0. The van der Waals surface area contributed by atoms with Gasteiger partial charge >= 0.3 is 35.1 Å². The first-order valence-corrected chi connectivity index (χ1v) is 26.2. The van der Waals surface area contributed by atoms with Gasteiger partial charge in [0.25, 0.3) is 0 Å². The highest BCUT2D eigenvalue weighted by molar-refractivity contribution is 7.86. The maximum Gasteiger partial charge on any atom is 0.367 e. The van der Waals surface area contributed by atoms with Crippen LogP contribution in [0, 0.1) is 34.0 Å². The van der Waals surface area contributed by atoms with Crippen molar-refractivity contribution in [3.05, 3.63) is 0 Å². The molecule has 6 aliphatic rings. The van der Waals surface area contributed by atoms with Crippen LogP contribution < -0.4 is 0 Å². The zero-order valence-corrected chi connectivity index (χ0v) is 41.1. The summed E-state index contributed by atoms with van der Waals surface area (Å²) in [6.07, 6.45) is 13.0. The minimum absolute atomic E-state index is 0.0141. The molecular weight excluding hydrogens is 883 g/mol. The maximum absolute atomic E-state index is 15.3. The van der Waals surface area contributed by atoms with Gasteiger partial charge in [0.15, 0.2) is 16.7 Å². The summed E-state index contributed by atoms with van der Waals surface area (Å²) in [5, 5.41) is 6.68. The number of unbranched alkanes of at least 4 members (excludes halogenated alkanes) is 8. The van der Waals surface area contributed by atoms with Gasteiger partial charge in [-0.2, -0.15) is 8.78 Å². The van der Waals surface area contributed by atoms with Crippen molar-refractivity contribution in [2.45, 2.75) is 230 Å². The molecule has 0 radical (unpaired) electrons. The Hall–Kier alpha value is -2.92. The first-order chi connectivity index (χ1) is 30.7. The highest BCUT2D eigenvalue weighted by Crippen LogP contribution is 2.60. The fraction of sp³-hybridized carbons (Fsp3) is 0.898. The third-order valence-corrected chi connectivity index (χ3v) is 16.3. The largest absolute Gasteiger partial charge is 0.743 e. The van der Waals surface area contributed by atoms with Gasteiger partial charge in [-0.3, -0.25) is 19.2 Å². The molecule has 0 aromatic heterocycles. The highest BCUT2D eigenvalue weighted by atomic mass is 32.2. The van der Waals surface area contributed by atoms with Crippen LogP contribution in [-0.2, 0) is 57.8 Å². The monoisotopic (exact) mass is 960 g/mol. The lowest BCUT2D eigenvalue weighted by Gasteiger charge is -2.59. The van der Waals surface area contributed by atoms with Crippen LogP contribution in [0.2, 0.25) is 0 Å². The summed E-state index contributed by atoms with van der Waals surface area (Å²) in [4.78, 5) is 70.9. The van der Waals surface area contributed by atoms with E-state index < -0.39 is 110 Å². The van der Waals surface area contributed by atoms with Gasteiger partial charge in [-0.15, -0.1) is 0 Å². The van der Waals surface area contributed by atoms with Gasteiger partial charge in [-0.25, -0.2) is 13.2 Å². The molecule has 0 aromatic carbocycles. The van der Waals surface area contributed by atoms with E-state index in [1.54, 1.807) is 13.8 Å². The summed E-state index contributed by atoms with van der Waals surface area (Å²) < 4.78 is 91.8. The number of carbonyl (C=O) groups is 5. The van der Waals surface area contributed by atoms with Gasteiger partial charge in [-0.05, 0) is 129 Å². The van der Waals surface area contributed by atoms with Crippen molar-refractivity contribution in [3.8, 4) is 0 Å². The van der Waals surface area contributed by atoms with Crippen molar-refractivity contribution < 1.29 is 74.5 Å². The maximum atomic E-state index is 15.3. The Balaban J connectivity index is 1.51. The quantitative estimate of drug-likeness (QED) is 0.0352. The first kappa shape index (κ1) is 54.0. The lowest BCUT2D eigenvalue weighted by molar-refractivity contribution is -0.227. The normalized spacial score (nSPS) is 28.2. The van der Waals surface area contributed by atoms with E-state index in [1.165, 1.54) is 13.8 Å². The van der Waals surface area contributed by atoms with Gasteiger partial charge in [0.05, 0.1) is 34.4 Å². The molecule has 378 valence electrons. The number of alkyl halides is 2. The molecule has 6 rings (SSSR count). The molecule has 1 heterocycles. The fourth-order valence-corrected chi connectivity index (χ4v) is 12.7. The summed E-state index contributed by atoms with van der Waals surface area (Å²) in [5.41, 5.74) is -7.76. The van der Waals surface area contributed by atoms with E-state index in [9.17, 15) is 46.0 Å². The van der Waals surface area contributed by atoms with Crippen molar-refractivity contribution >= 4 is 40.0 Å². The van der Waals surface area contributed by atoms with E-state index in [2.05, 4.69) is 6.92 Å². The Morgan fingerprint density at radius 2 is 1.42 bits per heavy atom. The van der Waals surface area contributed by atoms with Gasteiger partial charge < -0.3 is 33.3 Å². The zero-order valence-electron chi connectivity index (χ0n) is 40.3. The Labute approximate surface area is 390 Å². The fourth-order valence-electron chi connectivity index (χ4n) is 12.5. The molecular formula is C49H77F2O14S-. The van der Waals surface area contributed by atoms with E-state index >= 15 is 4.79 Å². The van der Waals surface area contributed by atoms with Crippen LogP contribution in [-0.4, -0.2) is 89.3 Å². The smallest absolute Gasteiger partial charge is 0.367 e. The molecule has 6 atom stereocenters. The third-order valence-electron chi connectivity index (χ3n) is 15.5. The number of ether oxygens (including phenoxy) is 5. The average molecular weight is 960 g/mol. The third kappa shape index (κ3) is 13.4. The van der Waals surface area contributed by atoms with Crippen LogP contribution in [0.1, 0.15) is 202 Å². The molecule has 1 aliphatic heterocycles. The standard InChI is InChI=1S/C49H78F2O14S/c1-7-9-10-11-12-13-14-15-16-19-36(38(52)62-33-49(50,51)66(58,59)60)29-44(5,42(56)65-48-27-34-24-35(28-48)26-46(57,25-34)32-48)31-45(6,41(55)63-37-20-23-61-39(37)53)30-43(3,4)40(54)64-47(8-2)21-17-18-22-47/h34-37,57H,7-33H2,1-6H3,(H,58,59,60)/p-1. The van der Waals surface area contributed by atoms with E-state index in [4.69, 9.17) is 23.7 Å². The average Bonchev–Trinajstić information content (AvgIpc) is 3.85. The Morgan fingerprint density at radius 3 is 1.95 bits per heavy atom. The predicted molar refractivity (Wildman–Crippen MR) is 236 cm³/mol. The van der Waals surface area contributed by atoms with Crippen LogP contribution in [0.5, 0.6) is 0 Å². The molecule has 0 aromatic rings. The minimum atomic E-state index is -6.20. The zero-order chi connectivity index (χ0) is 48.8. The van der Waals surface area contributed by atoms with E-state index in [-0.39, 0.29) is 44.1 Å². The first-order valence-electron chi connectivity index (χ1n) is 24.8. The second-order valence-electron chi connectivity index (χ2n) is 22.3. The number of carbonyl (C=O) groups excluding carboxylic acids is 5. The molecule has 6 fully saturated rings. The molecule has 1 N–H and O–H groups in total. The van der Waals surface area contributed by atoms with Gasteiger partial charge in [-0.1, -0.05) is 71.6 Å². The number of hydrogen-bond acceptors (Lipinski definition) is 14. The molecule has 5 saturated carbocycles. The number of halogens is 2. The second-order valence-corrected chi connectivity index (χ2v) is 23.8. The van der Waals surface area contributed by atoms with E-state index in [0.29, 0.717) is 57.8 Å². The molecule has 66 heavy (non-hydrogen) atoms. The van der Waals surface area contributed by atoms with Crippen LogP contribution >= 0.6 is 0 Å². The lowest BCUT2D eigenvalue weighted by atomic mass is 9.52. The Bertz CT molecular complexity index is 1830. The van der Waals surface area contributed by atoms with Crippen molar-refractivity contribution in [2.75, 3.05) is 13.2 Å². The van der Waals surface area contributed by atoms with Gasteiger partial charge in [0, 0.05) is 12.8 Å². The van der Waals surface area contributed by atoms with Crippen LogP contribution in [0.25, 0.3) is 0 Å². The topological polar surface area (TPSA) is 209 Å². The minimum Gasteiger partial charge on any atom is -0.743 e. The molecule has 0 amide bonds. The second kappa shape index (κ2) is 21.4. The van der Waals surface area contributed by atoms with Crippen molar-refractivity contribution in [3.63, 3.8) is 0 Å². The van der Waals surface area contributed by atoms with Crippen molar-refractivity contribution in [1.29, 1.82) is 0 Å². The summed E-state index contributed by atoms with van der Waals surface area (Å²) in [5.74, 6) is -5.44. The molecule has 5 aliphatic carbocycles.